The van der Waals surface area contributed by atoms with Gasteiger partial charge in [-0.25, -0.2) is 9.97 Å². The summed E-state index contributed by atoms with van der Waals surface area (Å²) in [6, 6.07) is 9.64. The molecule has 0 N–H and O–H groups in total. The number of methoxy groups -OCH3 is 1. The first-order valence-corrected chi connectivity index (χ1v) is 11.6. The molecule has 0 aliphatic heterocycles. The highest BCUT2D eigenvalue weighted by Crippen LogP contribution is 2.29. The molecule has 0 aliphatic rings. The zero-order valence-electron chi connectivity index (χ0n) is 18.2. The minimum absolute atomic E-state index is 0.314. The number of hydrogen-bond acceptors (Lipinski definition) is 9. The second kappa shape index (κ2) is 10.6. The molecule has 0 saturated heterocycles. The third kappa shape index (κ3) is 5.98. The Balaban J connectivity index is 1.91. The SMILES string of the molecule is CCOc1ccc(-n2c(CSc3nc(C)cc(C)n3)nnc2SC(C)C(=O)OC)cc1. The minimum Gasteiger partial charge on any atom is -0.494 e. The van der Waals surface area contributed by atoms with E-state index in [1.807, 2.05) is 55.7 Å². The van der Waals surface area contributed by atoms with Crippen LogP contribution >= 0.6 is 23.5 Å². The number of aromatic nitrogens is 5. The molecule has 10 heteroatoms. The number of aryl methyl sites for hydroxylation is 2. The molecule has 2 heterocycles. The van der Waals surface area contributed by atoms with Crippen LogP contribution < -0.4 is 4.74 Å². The lowest BCUT2D eigenvalue weighted by atomic mass is 10.3. The molecule has 3 rings (SSSR count). The number of nitrogens with zero attached hydrogens (tertiary/aromatic N) is 5. The molecule has 31 heavy (non-hydrogen) atoms. The number of rotatable bonds is 9. The third-order valence-corrected chi connectivity index (χ3v) is 6.08. The smallest absolute Gasteiger partial charge is 0.318 e. The maximum absolute atomic E-state index is 11.9. The van der Waals surface area contributed by atoms with Crippen molar-refractivity contribution in [2.45, 2.75) is 49.0 Å². The Kier molecular flexibility index (Phi) is 7.91. The van der Waals surface area contributed by atoms with Gasteiger partial charge in [-0.1, -0.05) is 23.5 Å². The van der Waals surface area contributed by atoms with E-state index in [0.29, 0.717) is 22.7 Å². The molecule has 0 aliphatic carbocycles. The van der Waals surface area contributed by atoms with Gasteiger partial charge in [0, 0.05) is 17.1 Å². The first kappa shape index (κ1) is 23.1. The quantitative estimate of drug-likeness (QED) is 0.267. The Morgan fingerprint density at radius 3 is 2.42 bits per heavy atom. The van der Waals surface area contributed by atoms with Crippen LogP contribution in [0.2, 0.25) is 0 Å². The van der Waals surface area contributed by atoms with E-state index in [1.54, 1.807) is 6.92 Å². The van der Waals surface area contributed by atoms with E-state index in [1.165, 1.54) is 30.6 Å². The highest BCUT2D eigenvalue weighted by Gasteiger charge is 2.22. The second-order valence-corrected chi connectivity index (χ2v) is 8.92. The van der Waals surface area contributed by atoms with Crippen LogP contribution in [0.15, 0.2) is 40.6 Å². The van der Waals surface area contributed by atoms with Crippen molar-refractivity contribution in [3.8, 4) is 11.4 Å². The van der Waals surface area contributed by atoms with Crippen molar-refractivity contribution in [3.63, 3.8) is 0 Å². The third-order valence-electron chi connectivity index (χ3n) is 4.21. The largest absolute Gasteiger partial charge is 0.494 e. The lowest BCUT2D eigenvalue weighted by Crippen LogP contribution is -2.15. The van der Waals surface area contributed by atoms with Crippen LogP contribution in [0.25, 0.3) is 5.69 Å². The molecule has 0 radical (unpaired) electrons. The van der Waals surface area contributed by atoms with Crippen molar-refractivity contribution in [1.82, 2.24) is 24.7 Å². The summed E-state index contributed by atoms with van der Waals surface area (Å²) in [5, 5.41) is 9.60. The van der Waals surface area contributed by atoms with Crippen molar-refractivity contribution in [2.24, 2.45) is 0 Å². The van der Waals surface area contributed by atoms with Crippen molar-refractivity contribution in [2.75, 3.05) is 13.7 Å². The van der Waals surface area contributed by atoms with E-state index in [-0.39, 0.29) is 5.97 Å². The Hall–Kier alpha value is -2.59. The Labute approximate surface area is 190 Å². The number of carbonyl (C=O) groups is 1. The molecular formula is C21H25N5O3S2. The highest BCUT2D eigenvalue weighted by atomic mass is 32.2. The molecule has 0 bridgehead atoms. The van der Waals surface area contributed by atoms with Crippen LogP contribution in [0.3, 0.4) is 0 Å². The Morgan fingerprint density at radius 1 is 1.13 bits per heavy atom. The molecule has 1 aromatic carbocycles. The van der Waals surface area contributed by atoms with Crippen molar-refractivity contribution in [3.05, 3.63) is 47.5 Å². The molecule has 8 nitrogen and oxygen atoms in total. The summed E-state index contributed by atoms with van der Waals surface area (Å²) in [5.74, 6) is 1.73. The normalized spacial score (nSPS) is 11.9. The topological polar surface area (TPSA) is 92.0 Å². The van der Waals surface area contributed by atoms with Gasteiger partial charge in [-0.2, -0.15) is 0 Å². The molecule has 0 saturated carbocycles. The molecule has 2 aromatic heterocycles. The second-order valence-electron chi connectivity index (χ2n) is 6.67. The van der Waals surface area contributed by atoms with Gasteiger partial charge in [0.25, 0.3) is 0 Å². The van der Waals surface area contributed by atoms with Crippen molar-refractivity contribution >= 4 is 29.5 Å². The van der Waals surface area contributed by atoms with E-state index in [9.17, 15) is 4.79 Å². The first-order valence-electron chi connectivity index (χ1n) is 9.78. The molecule has 1 atom stereocenters. The maximum Gasteiger partial charge on any atom is 0.318 e. The molecule has 1 unspecified atom stereocenters. The number of hydrogen-bond donors (Lipinski definition) is 0. The standard InChI is InChI=1S/C21H25N5O3S2/c1-6-29-17-9-7-16(8-10-17)26-18(12-30-20-22-13(2)11-14(3)23-20)24-25-21(26)31-15(4)19(27)28-5/h7-11,15H,6,12H2,1-5H3. The summed E-state index contributed by atoms with van der Waals surface area (Å²) in [6.45, 7) is 8.22. The Bertz CT molecular complexity index is 1020. The predicted molar refractivity (Wildman–Crippen MR) is 121 cm³/mol. The van der Waals surface area contributed by atoms with Gasteiger partial charge in [0.05, 0.1) is 19.5 Å². The van der Waals surface area contributed by atoms with Crippen molar-refractivity contribution in [1.29, 1.82) is 0 Å². The summed E-state index contributed by atoms with van der Waals surface area (Å²) < 4.78 is 12.3. The van der Waals surface area contributed by atoms with Crippen LogP contribution in [0.4, 0.5) is 0 Å². The van der Waals surface area contributed by atoms with Crippen LogP contribution in [0.5, 0.6) is 5.75 Å². The Morgan fingerprint density at radius 2 is 1.81 bits per heavy atom. The molecule has 3 aromatic rings. The van der Waals surface area contributed by atoms with Crippen LogP contribution in [-0.4, -0.2) is 49.7 Å². The van der Waals surface area contributed by atoms with E-state index < -0.39 is 5.25 Å². The average Bonchev–Trinajstić information content (AvgIpc) is 3.14. The number of benzene rings is 1. The van der Waals surface area contributed by atoms with Crippen LogP contribution in [0.1, 0.15) is 31.1 Å². The average molecular weight is 460 g/mol. The lowest BCUT2D eigenvalue weighted by molar-refractivity contribution is -0.139. The monoisotopic (exact) mass is 459 g/mol. The predicted octanol–water partition coefficient (Wildman–Crippen LogP) is 4.02. The van der Waals surface area contributed by atoms with Gasteiger partial charge in [-0.05, 0) is 58.0 Å². The van der Waals surface area contributed by atoms with E-state index >= 15 is 0 Å². The fourth-order valence-electron chi connectivity index (χ4n) is 2.85. The number of esters is 1. The summed E-state index contributed by atoms with van der Waals surface area (Å²) in [4.78, 5) is 20.9. The summed E-state index contributed by atoms with van der Waals surface area (Å²) in [5.41, 5.74) is 2.72. The fraction of sp³-hybridized carbons (Fsp3) is 0.381. The summed E-state index contributed by atoms with van der Waals surface area (Å²) >= 11 is 2.80. The molecular weight excluding hydrogens is 434 g/mol. The van der Waals surface area contributed by atoms with Gasteiger partial charge >= 0.3 is 5.97 Å². The molecule has 0 spiro atoms. The van der Waals surface area contributed by atoms with Gasteiger partial charge in [-0.15, -0.1) is 10.2 Å². The molecule has 164 valence electrons. The van der Waals surface area contributed by atoms with Crippen LogP contribution in [-0.2, 0) is 15.3 Å². The van der Waals surface area contributed by atoms with Gasteiger partial charge in [-0.3, -0.25) is 9.36 Å². The van der Waals surface area contributed by atoms with E-state index in [4.69, 9.17) is 9.47 Å². The van der Waals surface area contributed by atoms with E-state index in [0.717, 1.165) is 28.6 Å². The van der Waals surface area contributed by atoms with Crippen LogP contribution in [0, 0.1) is 13.8 Å². The number of thioether (sulfide) groups is 2. The van der Waals surface area contributed by atoms with Gasteiger partial charge in [0.15, 0.2) is 10.3 Å². The summed E-state index contributed by atoms with van der Waals surface area (Å²) in [6.07, 6.45) is 0. The van der Waals surface area contributed by atoms with Crippen molar-refractivity contribution < 1.29 is 14.3 Å². The zero-order valence-corrected chi connectivity index (χ0v) is 19.8. The van der Waals surface area contributed by atoms with E-state index in [2.05, 4.69) is 20.2 Å². The van der Waals surface area contributed by atoms with Gasteiger partial charge in [0.2, 0.25) is 0 Å². The summed E-state index contributed by atoms with van der Waals surface area (Å²) in [7, 11) is 1.38. The van der Waals surface area contributed by atoms with Gasteiger partial charge < -0.3 is 9.47 Å². The molecule has 0 amide bonds. The fourth-order valence-corrected chi connectivity index (χ4v) is 4.62. The number of ether oxygens (including phenoxy) is 2. The first-order chi connectivity index (χ1) is 14.9. The highest BCUT2D eigenvalue weighted by molar-refractivity contribution is 8.00. The number of carbonyl (C=O) groups excluding carboxylic acids is 1. The minimum atomic E-state index is -0.418. The molecule has 0 fully saturated rings. The lowest BCUT2D eigenvalue weighted by Gasteiger charge is -2.13. The zero-order chi connectivity index (χ0) is 22.4. The van der Waals surface area contributed by atoms with Gasteiger partial charge in [0.1, 0.15) is 16.8 Å². The maximum atomic E-state index is 11.9.